The van der Waals surface area contributed by atoms with E-state index in [2.05, 4.69) is 15.5 Å². The highest BCUT2D eigenvalue weighted by atomic mass is 16.5. The molecule has 0 bridgehead atoms. The number of carboxylic acids is 1. The van der Waals surface area contributed by atoms with Crippen LogP contribution < -0.4 is 10.7 Å². The summed E-state index contributed by atoms with van der Waals surface area (Å²) in [6, 6.07) is -2.01. The number of carbonyl (C=O) groups excluding carboxylic acids is 2. The average Bonchev–Trinajstić information content (AvgIpc) is 2.38. The van der Waals surface area contributed by atoms with Gasteiger partial charge in [-0.3, -0.25) is 10.2 Å². The molecule has 1 heterocycles. The number of carbonyl (C=O) groups is 3. The molecule has 2 amide bonds. The summed E-state index contributed by atoms with van der Waals surface area (Å²) in [4.78, 5) is 33.5. The van der Waals surface area contributed by atoms with E-state index < -0.39 is 30.4 Å². The summed E-state index contributed by atoms with van der Waals surface area (Å²) in [5, 5.41) is 12.7. The maximum Gasteiger partial charge on any atom is 0.330 e. The van der Waals surface area contributed by atoms with Crippen molar-refractivity contribution in [1.29, 1.82) is 0 Å². The second-order valence-corrected chi connectivity index (χ2v) is 3.86. The zero-order valence-corrected chi connectivity index (χ0v) is 10.5. The van der Waals surface area contributed by atoms with E-state index in [4.69, 9.17) is 9.84 Å². The summed E-state index contributed by atoms with van der Waals surface area (Å²) in [6.07, 6.45) is -0.428. The van der Waals surface area contributed by atoms with Crippen LogP contribution in [0, 0.1) is 0 Å². The molecule has 1 aliphatic heterocycles. The van der Waals surface area contributed by atoms with E-state index in [1.54, 1.807) is 5.01 Å². The number of esters is 1. The van der Waals surface area contributed by atoms with Crippen LogP contribution in [0.4, 0.5) is 4.79 Å². The van der Waals surface area contributed by atoms with E-state index in [1.807, 2.05) is 0 Å². The molecule has 19 heavy (non-hydrogen) atoms. The Morgan fingerprint density at radius 2 is 2.00 bits per heavy atom. The zero-order chi connectivity index (χ0) is 14.3. The number of rotatable bonds is 5. The Morgan fingerprint density at radius 1 is 1.37 bits per heavy atom. The first-order valence-corrected chi connectivity index (χ1v) is 5.72. The lowest BCUT2D eigenvalue weighted by Gasteiger charge is -2.27. The summed E-state index contributed by atoms with van der Waals surface area (Å²) < 4.78 is 9.46. The summed E-state index contributed by atoms with van der Waals surface area (Å²) in [6.45, 7) is 2.01. The molecule has 1 saturated heterocycles. The third kappa shape index (κ3) is 5.53. The molecule has 0 aromatic heterocycles. The number of amides is 2. The molecule has 3 N–H and O–H groups in total. The predicted octanol–water partition coefficient (Wildman–Crippen LogP) is -1.45. The third-order valence-electron chi connectivity index (χ3n) is 2.47. The van der Waals surface area contributed by atoms with Gasteiger partial charge in [0.1, 0.15) is 6.04 Å². The van der Waals surface area contributed by atoms with Gasteiger partial charge in [-0.1, -0.05) is 0 Å². The van der Waals surface area contributed by atoms with E-state index in [9.17, 15) is 14.4 Å². The molecule has 0 radical (unpaired) electrons. The van der Waals surface area contributed by atoms with Crippen LogP contribution in [0.3, 0.4) is 0 Å². The Hall–Kier alpha value is -1.87. The van der Waals surface area contributed by atoms with Gasteiger partial charge < -0.3 is 19.9 Å². The third-order valence-corrected chi connectivity index (χ3v) is 2.47. The van der Waals surface area contributed by atoms with E-state index in [1.165, 1.54) is 0 Å². The Kier molecular flexibility index (Phi) is 6.03. The fourth-order valence-electron chi connectivity index (χ4n) is 1.46. The van der Waals surface area contributed by atoms with Gasteiger partial charge in [-0.05, 0) is 0 Å². The average molecular weight is 275 g/mol. The smallest absolute Gasteiger partial charge is 0.330 e. The molecule has 0 unspecified atom stereocenters. The Morgan fingerprint density at radius 3 is 2.53 bits per heavy atom. The number of ether oxygens (including phenoxy) is 2. The lowest BCUT2D eigenvalue weighted by molar-refractivity contribution is -0.147. The maximum absolute atomic E-state index is 11.6. The molecular formula is C10H17N3O6. The molecule has 108 valence electrons. The van der Waals surface area contributed by atoms with Crippen LogP contribution >= 0.6 is 0 Å². The Balaban J connectivity index is 2.41. The van der Waals surface area contributed by atoms with E-state index in [0.717, 1.165) is 7.11 Å². The zero-order valence-electron chi connectivity index (χ0n) is 10.5. The van der Waals surface area contributed by atoms with Gasteiger partial charge in [0.05, 0.1) is 26.7 Å². The molecule has 1 aliphatic rings. The van der Waals surface area contributed by atoms with Crippen molar-refractivity contribution in [1.82, 2.24) is 15.8 Å². The monoisotopic (exact) mass is 275 g/mol. The number of hydrogen-bond donors (Lipinski definition) is 3. The maximum atomic E-state index is 11.6. The quantitative estimate of drug-likeness (QED) is 0.525. The minimum absolute atomic E-state index is 0.428. The van der Waals surface area contributed by atoms with Gasteiger partial charge in [-0.25, -0.2) is 14.6 Å². The van der Waals surface area contributed by atoms with Crippen molar-refractivity contribution in [2.45, 2.75) is 12.5 Å². The number of methoxy groups -OCH3 is 1. The van der Waals surface area contributed by atoms with Gasteiger partial charge >= 0.3 is 18.0 Å². The molecule has 0 saturated carbocycles. The topological polar surface area (TPSA) is 117 Å². The number of hydrogen-bond acceptors (Lipinski definition) is 6. The highest BCUT2D eigenvalue weighted by Gasteiger charge is 2.24. The summed E-state index contributed by atoms with van der Waals surface area (Å²) >= 11 is 0. The number of morpholine rings is 1. The predicted molar refractivity (Wildman–Crippen MR) is 62.1 cm³/mol. The molecule has 0 aliphatic carbocycles. The highest BCUT2D eigenvalue weighted by molar-refractivity contribution is 5.86. The first kappa shape index (κ1) is 15.2. The van der Waals surface area contributed by atoms with Crippen LogP contribution in [0.25, 0.3) is 0 Å². The van der Waals surface area contributed by atoms with Gasteiger partial charge in [0.25, 0.3) is 0 Å². The Labute approximate surface area is 109 Å². The second kappa shape index (κ2) is 7.54. The van der Waals surface area contributed by atoms with Crippen LogP contribution in [-0.2, 0) is 19.1 Å². The highest BCUT2D eigenvalue weighted by Crippen LogP contribution is 1.96. The largest absolute Gasteiger partial charge is 0.480 e. The number of carboxylic acid groups (broad SMARTS) is 1. The van der Waals surface area contributed by atoms with Crippen molar-refractivity contribution in [3.8, 4) is 0 Å². The van der Waals surface area contributed by atoms with E-state index >= 15 is 0 Å². The first-order chi connectivity index (χ1) is 9.02. The van der Waals surface area contributed by atoms with E-state index in [0.29, 0.717) is 26.3 Å². The SMILES string of the molecule is COC(=O)C[C@H](NC(=O)NN1CCOCC1)C(=O)O. The Bertz CT molecular complexity index is 342. The number of nitrogens with one attached hydrogen (secondary N) is 2. The fourth-order valence-corrected chi connectivity index (χ4v) is 1.46. The second-order valence-electron chi connectivity index (χ2n) is 3.86. The van der Waals surface area contributed by atoms with Gasteiger partial charge in [0.15, 0.2) is 0 Å². The normalized spacial score (nSPS) is 17.3. The molecule has 1 rings (SSSR count). The molecule has 0 aromatic rings. The van der Waals surface area contributed by atoms with Crippen molar-refractivity contribution in [3.63, 3.8) is 0 Å². The lowest BCUT2D eigenvalue weighted by atomic mass is 10.2. The van der Waals surface area contributed by atoms with Gasteiger partial charge in [0.2, 0.25) is 0 Å². The number of hydrazine groups is 1. The number of nitrogens with zero attached hydrogens (tertiary/aromatic N) is 1. The fraction of sp³-hybridized carbons (Fsp3) is 0.700. The van der Waals surface area contributed by atoms with Crippen molar-refractivity contribution in [3.05, 3.63) is 0 Å². The minimum atomic E-state index is -1.33. The minimum Gasteiger partial charge on any atom is -0.480 e. The van der Waals surface area contributed by atoms with Crippen molar-refractivity contribution >= 4 is 18.0 Å². The molecule has 9 heteroatoms. The van der Waals surface area contributed by atoms with Crippen LogP contribution in [0.1, 0.15) is 6.42 Å². The van der Waals surface area contributed by atoms with Crippen molar-refractivity contribution in [2.24, 2.45) is 0 Å². The molecule has 0 aromatic carbocycles. The van der Waals surface area contributed by atoms with Crippen LogP contribution in [-0.4, -0.2) is 67.5 Å². The number of aliphatic carboxylic acids is 1. The van der Waals surface area contributed by atoms with Crippen LogP contribution in [0.2, 0.25) is 0 Å². The standard InChI is InChI=1S/C10H17N3O6/c1-18-8(14)6-7(9(15)16)11-10(17)12-13-2-4-19-5-3-13/h7H,2-6H2,1H3,(H,15,16)(H2,11,12,17)/t7-/m0/s1. The van der Waals surface area contributed by atoms with Crippen molar-refractivity contribution < 1.29 is 29.0 Å². The summed E-state index contributed by atoms with van der Waals surface area (Å²) in [7, 11) is 1.15. The van der Waals surface area contributed by atoms with Gasteiger partial charge in [0, 0.05) is 13.1 Å². The van der Waals surface area contributed by atoms with Crippen molar-refractivity contribution in [2.75, 3.05) is 33.4 Å². The van der Waals surface area contributed by atoms with Crippen LogP contribution in [0.15, 0.2) is 0 Å². The summed E-state index contributed by atoms with van der Waals surface area (Å²) in [5.41, 5.74) is 2.48. The molecular weight excluding hydrogens is 258 g/mol. The first-order valence-electron chi connectivity index (χ1n) is 5.72. The molecule has 1 atom stereocenters. The lowest BCUT2D eigenvalue weighted by Crippen LogP contribution is -2.55. The van der Waals surface area contributed by atoms with E-state index in [-0.39, 0.29) is 0 Å². The van der Waals surface area contributed by atoms with Gasteiger partial charge in [-0.15, -0.1) is 0 Å². The molecule has 1 fully saturated rings. The number of urea groups is 1. The molecule has 9 nitrogen and oxygen atoms in total. The molecule has 0 spiro atoms. The van der Waals surface area contributed by atoms with Gasteiger partial charge in [-0.2, -0.15) is 0 Å². The summed E-state index contributed by atoms with van der Waals surface area (Å²) in [5.74, 6) is -2.01. The van der Waals surface area contributed by atoms with Crippen LogP contribution in [0.5, 0.6) is 0 Å².